The van der Waals surface area contributed by atoms with Crippen molar-refractivity contribution in [1.29, 1.82) is 0 Å². The number of aromatic nitrogens is 3. The second-order valence-electron chi connectivity index (χ2n) is 4.19. The van der Waals surface area contributed by atoms with Crippen molar-refractivity contribution in [3.63, 3.8) is 0 Å². The third-order valence-corrected chi connectivity index (χ3v) is 2.73. The molecule has 5 heteroatoms. The monoisotopic (exact) mass is 246 g/mol. The maximum absolute atomic E-state index is 5.84. The second kappa shape index (κ2) is 5.18. The molecule has 1 aromatic heterocycles. The van der Waals surface area contributed by atoms with Crippen LogP contribution in [0.4, 0.5) is 0 Å². The van der Waals surface area contributed by atoms with Gasteiger partial charge in [-0.15, -0.1) is 5.10 Å². The van der Waals surface area contributed by atoms with Crippen molar-refractivity contribution in [1.82, 2.24) is 15.0 Å². The third kappa shape index (κ3) is 2.36. The van der Waals surface area contributed by atoms with Gasteiger partial charge in [-0.1, -0.05) is 11.3 Å². The van der Waals surface area contributed by atoms with E-state index in [0.717, 1.165) is 22.8 Å². The topological polar surface area (TPSA) is 66.0 Å². The van der Waals surface area contributed by atoms with Crippen LogP contribution in [0.1, 0.15) is 31.3 Å². The maximum atomic E-state index is 5.84. The average Bonchev–Trinajstić information content (AvgIpc) is 2.72. The van der Waals surface area contributed by atoms with E-state index in [1.807, 2.05) is 45.0 Å². The van der Waals surface area contributed by atoms with Crippen LogP contribution in [-0.4, -0.2) is 21.6 Å². The van der Waals surface area contributed by atoms with Gasteiger partial charge in [0, 0.05) is 12.1 Å². The Hall–Kier alpha value is -1.88. The molecule has 0 aliphatic rings. The van der Waals surface area contributed by atoms with Crippen molar-refractivity contribution in [2.45, 2.75) is 26.8 Å². The van der Waals surface area contributed by atoms with Crippen molar-refractivity contribution < 1.29 is 4.74 Å². The standard InChI is InChI=1S/C13H18N4O/c1-4-18-12-7-5-6-11(8-12)17-10(3)13(9(2)14)15-16-17/h5-9H,4,14H2,1-3H3. The summed E-state index contributed by atoms with van der Waals surface area (Å²) < 4.78 is 7.25. The van der Waals surface area contributed by atoms with Crippen LogP contribution in [0.15, 0.2) is 24.3 Å². The van der Waals surface area contributed by atoms with Gasteiger partial charge in [0.25, 0.3) is 0 Å². The molecule has 5 nitrogen and oxygen atoms in total. The molecule has 1 heterocycles. The van der Waals surface area contributed by atoms with Crippen molar-refractivity contribution >= 4 is 0 Å². The zero-order valence-electron chi connectivity index (χ0n) is 10.9. The van der Waals surface area contributed by atoms with Crippen molar-refractivity contribution in [2.24, 2.45) is 5.73 Å². The first-order valence-corrected chi connectivity index (χ1v) is 6.04. The Kier molecular flexibility index (Phi) is 3.62. The number of nitrogens with two attached hydrogens (primary N) is 1. The molecule has 2 N–H and O–H groups in total. The van der Waals surface area contributed by atoms with Gasteiger partial charge in [-0.3, -0.25) is 0 Å². The molecule has 0 saturated carbocycles. The summed E-state index contributed by atoms with van der Waals surface area (Å²) in [5.74, 6) is 0.826. The van der Waals surface area contributed by atoms with Crippen molar-refractivity contribution in [3.8, 4) is 11.4 Å². The fourth-order valence-corrected chi connectivity index (χ4v) is 1.88. The van der Waals surface area contributed by atoms with Crippen LogP contribution in [0.5, 0.6) is 5.75 Å². The molecular formula is C13H18N4O. The van der Waals surface area contributed by atoms with Crippen LogP contribution >= 0.6 is 0 Å². The molecule has 1 atom stereocenters. The van der Waals surface area contributed by atoms with Crippen LogP contribution in [0.2, 0.25) is 0 Å². The normalized spacial score (nSPS) is 12.4. The largest absolute Gasteiger partial charge is 0.494 e. The smallest absolute Gasteiger partial charge is 0.121 e. The number of ether oxygens (including phenoxy) is 1. The van der Waals surface area contributed by atoms with Crippen LogP contribution in [-0.2, 0) is 0 Å². The van der Waals surface area contributed by atoms with E-state index in [0.29, 0.717) is 6.61 Å². The van der Waals surface area contributed by atoms with E-state index >= 15 is 0 Å². The molecule has 0 aliphatic heterocycles. The van der Waals surface area contributed by atoms with Crippen molar-refractivity contribution in [3.05, 3.63) is 35.7 Å². The lowest BCUT2D eigenvalue weighted by Gasteiger charge is -2.08. The Bertz CT molecular complexity index is 534. The number of nitrogens with zero attached hydrogens (tertiary/aromatic N) is 3. The van der Waals surface area contributed by atoms with Gasteiger partial charge in [0.2, 0.25) is 0 Å². The lowest BCUT2D eigenvalue weighted by atomic mass is 10.2. The van der Waals surface area contributed by atoms with Gasteiger partial charge in [-0.25, -0.2) is 4.68 Å². The highest BCUT2D eigenvalue weighted by atomic mass is 16.5. The molecule has 0 bridgehead atoms. The summed E-state index contributed by atoms with van der Waals surface area (Å²) in [4.78, 5) is 0. The summed E-state index contributed by atoms with van der Waals surface area (Å²) >= 11 is 0. The van der Waals surface area contributed by atoms with E-state index < -0.39 is 0 Å². The van der Waals surface area contributed by atoms with E-state index in [1.165, 1.54) is 0 Å². The van der Waals surface area contributed by atoms with Crippen molar-refractivity contribution in [2.75, 3.05) is 6.61 Å². The Labute approximate surface area is 107 Å². The molecule has 2 rings (SSSR count). The number of benzene rings is 1. The minimum absolute atomic E-state index is 0.117. The predicted molar refractivity (Wildman–Crippen MR) is 69.9 cm³/mol. The SMILES string of the molecule is CCOc1cccc(-n2nnc(C(C)N)c2C)c1. The molecule has 0 spiro atoms. The van der Waals surface area contributed by atoms with Crippen LogP contribution < -0.4 is 10.5 Å². The summed E-state index contributed by atoms with van der Waals surface area (Å²) in [6, 6.07) is 7.65. The van der Waals surface area contributed by atoms with Gasteiger partial charge in [-0.05, 0) is 32.9 Å². The molecule has 1 aromatic carbocycles. The lowest BCUT2D eigenvalue weighted by Crippen LogP contribution is -2.08. The van der Waals surface area contributed by atoms with Crippen LogP contribution in [0.3, 0.4) is 0 Å². The Morgan fingerprint density at radius 3 is 2.83 bits per heavy atom. The zero-order valence-corrected chi connectivity index (χ0v) is 10.9. The molecule has 0 fully saturated rings. The summed E-state index contributed by atoms with van der Waals surface area (Å²) in [5.41, 5.74) is 8.55. The second-order valence-corrected chi connectivity index (χ2v) is 4.19. The molecule has 1 unspecified atom stereocenters. The minimum Gasteiger partial charge on any atom is -0.494 e. The lowest BCUT2D eigenvalue weighted by molar-refractivity contribution is 0.340. The molecule has 96 valence electrons. The fraction of sp³-hybridized carbons (Fsp3) is 0.385. The summed E-state index contributed by atoms with van der Waals surface area (Å²) in [6.45, 7) is 6.47. The van der Waals surface area contributed by atoms with E-state index in [9.17, 15) is 0 Å². The molecule has 0 aliphatic carbocycles. The first-order chi connectivity index (χ1) is 8.63. The Balaban J connectivity index is 2.39. The molecule has 0 amide bonds. The van der Waals surface area contributed by atoms with E-state index in [2.05, 4.69) is 10.3 Å². The van der Waals surface area contributed by atoms with Crippen LogP contribution in [0, 0.1) is 6.92 Å². The van der Waals surface area contributed by atoms with Gasteiger partial charge in [0.1, 0.15) is 11.4 Å². The molecule has 0 saturated heterocycles. The number of hydrogen-bond donors (Lipinski definition) is 1. The molecule has 0 radical (unpaired) electrons. The summed E-state index contributed by atoms with van der Waals surface area (Å²) in [6.07, 6.45) is 0. The van der Waals surface area contributed by atoms with E-state index in [-0.39, 0.29) is 6.04 Å². The summed E-state index contributed by atoms with van der Waals surface area (Å²) in [5, 5.41) is 8.25. The van der Waals surface area contributed by atoms with Gasteiger partial charge < -0.3 is 10.5 Å². The molecule has 18 heavy (non-hydrogen) atoms. The first-order valence-electron chi connectivity index (χ1n) is 6.04. The van der Waals surface area contributed by atoms with Gasteiger partial charge in [-0.2, -0.15) is 0 Å². The zero-order chi connectivity index (χ0) is 13.1. The Morgan fingerprint density at radius 1 is 1.44 bits per heavy atom. The highest BCUT2D eigenvalue weighted by Crippen LogP contribution is 2.20. The van der Waals surface area contributed by atoms with Gasteiger partial charge in [0.15, 0.2) is 0 Å². The predicted octanol–water partition coefficient (Wildman–Crippen LogP) is 1.99. The highest BCUT2D eigenvalue weighted by molar-refractivity contribution is 5.40. The molecule has 2 aromatic rings. The maximum Gasteiger partial charge on any atom is 0.121 e. The number of rotatable bonds is 4. The van der Waals surface area contributed by atoms with Crippen LogP contribution in [0.25, 0.3) is 5.69 Å². The molecular weight excluding hydrogens is 228 g/mol. The number of hydrogen-bond acceptors (Lipinski definition) is 4. The average molecular weight is 246 g/mol. The minimum atomic E-state index is -0.117. The Morgan fingerprint density at radius 2 is 2.22 bits per heavy atom. The third-order valence-electron chi connectivity index (χ3n) is 2.73. The quantitative estimate of drug-likeness (QED) is 0.896. The van der Waals surface area contributed by atoms with Gasteiger partial charge in [0.05, 0.1) is 18.0 Å². The van der Waals surface area contributed by atoms with E-state index in [4.69, 9.17) is 10.5 Å². The van der Waals surface area contributed by atoms with Gasteiger partial charge >= 0.3 is 0 Å². The van der Waals surface area contributed by atoms with E-state index in [1.54, 1.807) is 4.68 Å². The first kappa shape index (κ1) is 12.6. The highest BCUT2D eigenvalue weighted by Gasteiger charge is 2.13. The summed E-state index contributed by atoms with van der Waals surface area (Å²) in [7, 11) is 0. The fourth-order valence-electron chi connectivity index (χ4n) is 1.88.